The van der Waals surface area contributed by atoms with E-state index in [1.807, 2.05) is 17.8 Å². The Labute approximate surface area is 77.6 Å². The summed E-state index contributed by atoms with van der Waals surface area (Å²) < 4.78 is 1.87. The van der Waals surface area contributed by atoms with Gasteiger partial charge in [0.1, 0.15) is 11.9 Å². The minimum Gasteiger partial charge on any atom is -0.384 e. The molecule has 1 saturated heterocycles. The smallest absolute Gasteiger partial charge is 0.138 e. The lowest BCUT2D eigenvalue weighted by atomic mass is 10.1. The van der Waals surface area contributed by atoms with Crippen molar-refractivity contribution in [2.75, 3.05) is 6.54 Å². The van der Waals surface area contributed by atoms with Crippen LogP contribution in [0.5, 0.6) is 0 Å². The Morgan fingerprint density at radius 2 is 2.62 bits per heavy atom. The normalized spacial score (nSPS) is 24.9. The Hall–Kier alpha value is -0.870. The molecule has 0 radical (unpaired) electrons. The Bertz CT molecular complexity index is 278. The van der Waals surface area contributed by atoms with E-state index in [2.05, 4.69) is 10.3 Å². The number of aromatic nitrogens is 2. The molecular formula is C9H15N3O. The Balaban J connectivity index is 2.12. The van der Waals surface area contributed by atoms with Crippen molar-refractivity contribution in [1.82, 2.24) is 14.9 Å². The molecular weight excluding hydrogens is 166 g/mol. The van der Waals surface area contributed by atoms with E-state index < -0.39 is 6.10 Å². The molecule has 4 nitrogen and oxygen atoms in total. The summed E-state index contributed by atoms with van der Waals surface area (Å²) in [5, 5.41) is 13.2. The van der Waals surface area contributed by atoms with Crippen LogP contribution in [0.3, 0.4) is 0 Å². The molecule has 2 N–H and O–H groups in total. The summed E-state index contributed by atoms with van der Waals surface area (Å²) >= 11 is 0. The largest absolute Gasteiger partial charge is 0.384 e. The van der Waals surface area contributed by atoms with Crippen molar-refractivity contribution in [2.45, 2.75) is 25.0 Å². The fourth-order valence-electron chi connectivity index (χ4n) is 1.82. The molecule has 0 bridgehead atoms. The molecule has 0 aromatic carbocycles. The fraction of sp³-hybridized carbons (Fsp3) is 0.667. The second-order valence-corrected chi connectivity index (χ2v) is 3.54. The second kappa shape index (κ2) is 3.47. The SMILES string of the molecule is Cn1ccnc1C(O)[C@@H]1CCCN1. The lowest BCUT2D eigenvalue weighted by Gasteiger charge is -2.17. The molecule has 1 aliphatic heterocycles. The fourth-order valence-corrected chi connectivity index (χ4v) is 1.82. The molecule has 0 amide bonds. The first-order valence-corrected chi connectivity index (χ1v) is 4.67. The molecule has 72 valence electrons. The van der Waals surface area contributed by atoms with Crippen LogP contribution >= 0.6 is 0 Å². The number of nitrogens with zero attached hydrogens (tertiary/aromatic N) is 2. The number of hydrogen-bond donors (Lipinski definition) is 2. The third-order valence-corrected chi connectivity index (χ3v) is 2.60. The number of aryl methyl sites for hydroxylation is 1. The van der Waals surface area contributed by atoms with Gasteiger partial charge in [0.05, 0.1) is 0 Å². The summed E-state index contributed by atoms with van der Waals surface area (Å²) in [4.78, 5) is 4.13. The van der Waals surface area contributed by atoms with Crippen molar-refractivity contribution in [3.8, 4) is 0 Å². The van der Waals surface area contributed by atoms with Gasteiger partial charge in [0.2, 0.25) is 0 Å². The number of hydrogen-bond acceptors (Lipinski definition) is 3. The van der Waals surface area contributed by atoms with Crippen LogP contribution in [-0.2, 0) is 7.05 Å². The van der Waals surface area contributed by atoms with Gasteiger partial charge in [-0.05, 0) is 19.4 Å². The van der Waals surface area contributed by atoms with E-state index in [1.54, 1.807) is 6.20 Å². The third-order valence-electron chi connectivity index (χ3n) is 2.60. The lowest BCUT2D eigenvalue weighted by Crippen LogP contribution is -2.30. The van der Waals surface area contributed by atoms with Gasteiger partial charge in [0.25, 0.3) is 0 Å². The molecule has 4 heteroatoms. The number of imidazole rings is 1. The van der Waals surface area contributed by atoms with E-state index >= 15 is 0 Å². The molecule has 0 aliphatic carbocycles. The van der Waals surface area contributed by atoms with Gasteiger partial charge >= 0.3 is 0 Å². The maximum atomic E-state index is 9.94. The second-order valence-electron chi connectivity index (χ2n) is 3.54. The molecule has 2 heterocycles. The highest BCUT2D eigenvalue weighted by atomic mass is 16.3. The Morgan fingerprint density at radius 3 is 3.15 bits per heavy atom. The van der Waals surface area contributed by atoms with Crippen LogP contribution in [0.25, 0.3) is 0 Å². The first-order chi connectivity index (χ1) is 6.29. The van der Waals surface area contributed by atoms with Gasteiger partial charge < -0.3 is 15.0 Å². The zero-order chi connectivity index (χ0) is 9.26. The minimum atomic E-state index is -0.470. The number of aliphatic hydroxyl groups is 1. The standard InChI is InChI=1S/C9H15N3O/c1-12-6-5-11-9(12)8(13)7-3-2-4-10-7/h5-8,10,13H,2-4H2,1H3/t7-,8?/m0/s1. The molecule has 0 saturated carbocycles. The highest BCUT2D eigenvalue weighted by molar-refractivity contribution is 5.00. The van der Waals surface area contributed by atoms with E-state index in [0.29, 0.717) is 0 Å². The van der Waals surface area contributed by atoms with E-state index in [0.717, 1.165) is 25.2 Å². The van der Waals surface area contributed by atoms with Crippen LogP contribution in [0, 0.1) is 0 Å². The highest BCUT2D eigenvalue weighted by Gasteiger charge is 2.26. The van der Waals surface area contributed by atoms with Gasteiger partial charge in [0, 0.05) is 25.5 Å². The van der Waals surface area contributed by atoms with E-state index in [-0.39, 0.29) is 6.04 Å². The summed E-state index contributed by atoms with van der Waals surface area (Å²) in [6, 6.07) is 0.182. The van der Waals surface area contributed by atoms with E-state index in [1.165, 1.54) is 0 Å². The first-order valence-electron chi connectivity index (χ1n) is 4.67. The minimum absolute atomic E-state index is 0.182. The molecule has 1 unspecified atom stereocenters. The van der Waals surface area contributed by atoms with Gasteiger partial charge in [-0.1, -0.05) is 0 Å². The Morgan fingerprint density at radius 1 is 1.77 bits per heavy atom. The number of rotatable bonds is 2. The van der Waals surface area contributed by atoms with E-state index in [9.17, 15) is 5.11 Å². The van der Waals surface area contributed by atoms with Crippen molar-refractivity contribution in [2.24, 2.45) is 7.05 Å². The average molecular weight is 181 g/mol. The lowest BCUT2D eigenvalue weighted by molar-refractivity contribution is 0.125. The van der Waals surface area contributed by atoms with Crippen molar-refractivity contribution in [1.29, 1.82) is 0 Å². The summed E-state index contributed by atoms with van der Waals surface area (Å²) in [6.45, 7) is 1.01. The molecule has 13 heavy (non-hydrogen) atoms. The van der Waals surface area contributed by atoms with Crippen LogP contribution in [0.4, 0.5) is 0 Å². The molecule has 2 rings (SSSR count). The zero-order valence-corrected chi connectivity index (χ0v) is 7.77. The topological polar surface area (TPSA) is 50.1 Å². The monoisotopic (exact) mass is 181 g/mol. The third kappa shape index (κ3) is 1.59. The Kier molecular flexibility index (Phi) is 2.33. The van der Waals surface area contributed by atoms with Crippen LogP contribution in [0.15, 0.2) is 12.4 Å². The summed E-state index contributed by atoms with van der Waals surface area (Å²) in [7, 11) is 1.90. The van der Waals surface area contributed by atoms with Gasteiger partial charge in [0.15, 0.2) is 0 Å². The van der Waals surface area contributed by atoms with Crippen LogP contribution in [0.1, 0.15) is 24.8 Å². The summed E-state index contributed by atoms with van der Waals surface area (Å²) in [6.07, 6.45) is 5.28. The summed E-state index contributed by atoms with van der Waals surface area (Å²) in [5.74, 6) is 0.749. The zero-order valence-electron chi connectivity index (χ0n) is 7.77. The van der Waals surface area contributed by atoms with Crippen molar-refractivity contribution >= 4 is 0 Å². The highest BCUT2D eigenvalue weighted by Crippen LogP contribution is 2.20. The first kappa shape index (κ1) is 8.72. The van der Waals surface area contributed by atoms with Gasteiger partial charge in [-0.3, -0.25) is 0 Å². The van der Waals surface area contributed by atoms with Gasteiger partial charge in [-0.15, -0.1) is 0 Å². The summed E-state index contributed by atoms with van der Waals surface area (Å²) in [5.41, 5.74) is 0. The van der Waals surface area contributed by atoms with Crippen LogP contribution in [0.2, 0.25) is 0 Å². The molecule has 1 aromatic heterocycles. The van der Waals surface area contributed by atoms with Crippen molar-refractivity contribution in [3.05, 3.63) is 18.2 Å². The number of aliphatic hydroxyl groups excluding tert-OH is 1. The van der Waals surface area contributed by atoms with Crippen LogP contribution in [-0.4, -0.2) is 27.2 Å². The average Bonchev–Trinajstić information content (AvgIpc) is 2.72. The molecule has 1 aliphatic rings. The predicted octanol–water partition coefficient (Wildman–Crippen LogP) is 0.205. The van der Waals surface area contributed by atoms with Gasteiger partial charge in [-0.25, -0.2) is 4.98 Å². The molecule has 1 aromatic rings. The van der Waals surface area contributed by atoms with Crippen molar-refractivity contribution in [3.63, 3.8) is 0 Å². The molecule has 1 fully saturated rings. The van der Waals surface area contributed by atoms with Gasteiger partial charge in [-0.2, -0.15) is 0 Å². The molecule has 0 spiro atoms. The number of nitrogens with one attached hydrogen (secondary N) is 1. The predicted molar refractivity (Wildman–Crippen MR) is 49.2 cm³/mol. The maximum absolute atomic E-state index is 9.94. The maximum Gasteiger partial charge on any atom is 0.138 e. The van der Waals surface area contributed by atoms with E-state index in [4.69, 9.17) is 0 Å². The molecule has 2 atom stereocenters. The van der Waals surface area contributed by atoms with Crippen LogP contribution < -0.4 is 5.32 Å². The quantitative estimate of drug-likeness (QED) is 0.685. The van der Waals surface area contributed by atoms with Crippen molar-refractivity contribution < 1.29 is 5.11 Å².